The molecule has 0 radical (unpaired) electrons. The predicted octanol–water partition coefficient (Wildman–Crippen LogP) is 4.67. The minimum atomic E-state index is -0.0651. The second-order valence-electron chi connectivity index (χ2n) is 6.49. The van der Waals surface area contributed by atoms with Crippen LogP contribution in [0.15, 0.2) is 89.8 Å². The van der Waals surface area contributed by atoms with Crippen LogP contribution in [0.1, 0.15) is 11.1 Å². The molecule has 1 N–H and O–H groups in total. The summed E-state index contributed by atoms with van der Waals surface area (Å²) in [4.78, 5) is 12.5. The van der Waals surface area contributed by atoms with Gasteiger partial charge in [-0.15, -0.1) is 0 Å². The van der Waals surface area contributed by atoms with Gasteiger partial charge in [0.1, 0.15) is 5.82 Å². The van der Waals surface area contributed by atoms with Gasteiger partial charge in [0.15, 0.2) is 0 Å². The maximum absolute atomic E-state index is 12.5. The lowest BCUT2D eigenvalue weighted by Gasteiger charge is -2.10. The van der Waals surface area contributed by atoms with Crippen molar-refractivity contribution in [1.29, 1.82) is 0 Å². The molecule has 2 aromatic carbocycles. The second-order valence-corrected chi connectivity index (χ2v) is 7.40. The number of hydrogen-bond acceptors (Lipinski definition) is 2. The van der Waals surface area contributed by atoms with Crippen molar-refractivity contribution in [2.75, 3.05) is 5.32 Å². The average molecular weight is 435 g/mol. The molecule has 0 unspecified atom stereocenters. The first-order chi connectivity index (χ1) is 13.7. The molecule has 0 saturated heterocycles. The molecule has 6 heteroatoms. The standard InChI is InChI=1S/C22H19BrN4O/c23-19-5-3-4-18(14-19)16-27-21(10-11-24-27)25-22(28)15-17-6-8-20(9-7-17)26-12-1-2-13-26/h1-14H,15-16H2,(H,25,28). The van der Waals surface area contributed by atoms with Gasteiger partial charge in [0.05, 0.1) is 19.2 Å². The lowest BCUT2D eigenvalue weighted by molar-refractivity contribution is -0.115. The normalized spacial score (nSPS) is 10.8. The van der Waals surface area contributed by atoms with Crippen molar-refractivity contribution in [3.8, 4) is 5.69 Å². The highest BCUT2D eigenvalue weighted by atomic mass is 79.9. The molecule has 0 spiro atoms. The number of rotatable bonds is 6. The van der Waals surface area contributed by atoms with E-state index < -0.39 is 0 Å². The topological polar surface area (TPSA) is 51.9 Å². The molecule has 140 valence electrons. The van der Waals surface area contributed by atoms with E-state index in [4.69, 9.17) is 0 Å². The van der Waals surface area contributed by atoms with Gasteiger partial charge in [-0.05, 0) is 47.5 Å². The maximum Gasteiger partial charge on any atom is 0.229 e. The van der Waals surface area contributed by atoms with Crippen molar-refractivity contribution < 1.29 is 4.79 Å². The third-order valence-corrected chi connectivity index (χ3v) is 4.90. The zero-order valence-electron chi connectivity index (χ0n) is 15.1. The van der Waals surface area contributed by atoms with Gasteiger partial charge in [-0.3, -0.25) is 4.79 Å². The summed E-state index contributed by atoms with van der Waals surface area (Å²) in [5, 5.41) is 7.29. The summed E-state index contributed by atoms with van der Waals surface area (Å²) in [6.45, 7) is 0.591. The Morgan fingerprint density at radius 1 is 0.964 bits per heavy atom. The van der Waals surface area contributed by atoms with Gasteiger partial charge >= 0.3 is 0 Å². The molecule has 4 aromatic rings. The summed E-state index contributed by atoms with van der Waals surface area (Å²) in [5.41, 5.74) is 3.14. The van der Waals surface area contributed by atoms with E-state index in [1.807, 2.05) is 83.7 Å². The van der Waals surface area contributed by atoms with Crippen LogP contribution in [0.3, 0.4) is 0 Å². The first kappa shape index (κ1) is 18.3. The van der Waals surface area contributed by atoms with Crippen LogP contribution >= 0.6 is 15.9 Å². The SMILES string of the molecule is O=C(Cc1ccc(-n2cccc2)cc1)Nc1ccnn1Cc1cccc(Br)c1. The highest BCUT2D eigenvalue weighted by molar-refractivity contribution is 9.10. The van der Waals surface area contributed by atoms with Crippen LogP contribution < -0.4 is 5.32 Å². The number of carbonyl (C=O) groups is 1. The van der Waals surface area contributed by atoms with Gasteiger partial charge in [0, 0.05) is 28.6 Å². The first-order valence-corrected chi connectivity index (χ1v) is 9.75. The quantitative estimate of drug-likeness (QED) is 0.479. The Morgan fingerprint density at radius 3 is 2.50 bits per heavy atom. The van der Waals surface area contributed by atoms with Crippen molar-refractivity contribution in [1.82, 2.24) is 14.3 Å². The third kappa shape index (κ3) is 4.40. The number of amides is 1. The van der Waals surface area contributed by atoms with Crippen LogP contribution in [0.5, 0.6) is 0 Å². The van der Waals surface area contributed by atoms with Gasteiger partial charge in [-0.2, -0.15) is 5.10 Å². The third-order valence-electron chi connectivity index (χ3n) is 4.41. The number of nitrogens with one attached hydrogen (secondary N) is 1. The minimum Gasteiger partial charge on any atom is -0.324 e. The largest absolute Gasteiger partial charge is 0.324 e. The molecule has 0 fully saturated rings. The van der Waals surface area contributed by atoms with Gasteiger partial charge in [0.25, 0.3) is 0 Å². The van der Waals surface area contributed by atoms with Crippen molar-refractivity contribution >= 4 is 27.7 Å². The Morgan fingerprint density at radius 2 is 1.75 bits per heavy atom. The Balaban J connectivity index is 1.40. The number of anilines is 1. The zero-order valence-corrected chi connectivity index (χ0v) is 16.7. The van der Waals surface area contributed by atoms with Crippen LogP contribution in [-0.2, 0) is 17.8 Å². The molecule has 0 bridgehead atoms. The molecule has 2 aromatic heterocycles. The number of carbonyl (C=O) groups excluding carboxylic acids is 1. The fourth-order valence-electron chi connectivity index (χ4n) is 3.04. The van der Waals surface area contributed by atoms with Gasteiger partial charge < -0.3 is 9.88 Å². The monoisotopic (exact) mass is 434 g/mol. The summed E-state index contributed by atoms with van der Waals surface area (Å²) < 4.78 is 4.84. The molecule has 1 amide bonds. The van der Waals surface area contributed by atoms with E-state index in [0.717, 1.165) is 21.3 Å². The zero-order chi connectivity index (χ0) is 19.3. The minimum absolute atomic E-state index is 0.0651. The Labute approximate surface area is 171 Å². The predicted molar refractivity (Wildman–Crippen MR) is 114 cm³/mol. The van der Waals surface area contributed by atoms with Crippen molar-refractivity contribution in [2.45, 2.75) is 13.0 Å². The van der Waals surface area contributed by atoms with E-state index >= 15 is 0 Å². The molecule has 4 rings (SSSR count). The van der Waals surface area contributed by atoms with Gasteiger partial charge in [-0.25, -0.2) is 4.68 Å². The van der Waals surface area contributed by atoms with E-state index in [-0.39, 0.29) is 5.91 Å². The van der Waals surface area contributed by atoms with E-state index in [1.165, 1.54) is 0 Å². The lowest BCUT2D eigenvalue weighted by atomic mass is 10.1. The smallest absolute Gasteiger partial charge is 0.229 e. The van der Waals surface area contributed by atoms with Crippen molar-refractivity contribution in [2.24, 2.45) is 0 Å². The van der Waals surface area contributed by atoms with Crippen LogP contribution in [0, 0.1) is 0 Å². The lowest BCUT2D eigenvalue weighted by Crippen LogP contribution is -2.18. The fourth-order valence-corrected chi connectivity index (χ4v) is 3.48. The van der Waals surface area contributed by atoms with E-state index in [9.17, 15) is 4.79 Å². The molecule has 5 nitrogen and oxygen atoms in total. The van der Waals surface area contributed by atoms with Crippen LogP contribution in [0.2, 0.25) is 0 Å². The van der Waals surface area contributed by atoms with E-state index in [1.54, 1.807) is 10.9 Å². The Kier molecular flexibility index (Phi) is 5.39. The summed E-state index contributed by atoms with van der Waals surface area (Å²) in [6.07, 6.45) is 6.00. The fraction of sp³-hybridized carbons (Fsp3) is 0.0909. The number of nitrogens with zero attached hydrogens (tertiary/aromatic N) is 3. The van der Waals surface area contributed by atoms with Crippen LogP contribution in [0.4, 0.5) is 5.82 Å². The average Bonchev–Trinajstić information content (AvgIpc) is 3.35. The number of hydrogen-bond donors (Lipinski definition) is 1. The van der Waals surface area contributed by atoms with Gasteiger partial charge in [-0.1, -0.05) is 40.2 Å². The molecule has 0 aliphatic rings. The van der Waals surface area contributed by atoms with Crippen LogP contribution in [-0.4, -0.2) is 20.3 Å². The van der Waals surface area contributed by atoms with E-state index in [2.05, 4.69) is 26.3 Å². The Hall–Kier alpha value is -3.12. The molecule has 28 heavy (non-hydrogen) atoms. The molecular weight excluding hydrogens is 416 g/mol. The van der Waals surface area contributed by atoms with Crippen LogP contribution in [0.25, 0.3) is 5.69 Å². The summed E-state index contributed by atoms with van der Waals surface area (Å²) in [5.74, 6) is 0.624. The Bertz CT molecular complexity index is 1070. The summed E-state index contributed by atoms with van der Waals surface area (Å²) in [6, 6.07) is 21.8. The van der Waals surface area contributed by atoms with Crippen molar-refractivity contribution in [3.63, 3.8) is 0 Å². The molecular formula is C22H19BrN4O. The molecule has 0 aliphatic carbocycles. The molecule has 2 heterocycles. The first-order valence-electron chi connectivity index (χ1n) is 8.96. The van der Waals surface area contributed by atoms with E-state index in [0.29, 0.717) is 18.8 Å². The molecule has 0 atom stereocenters. The molecule has 0 aliphatic heterocycles. The summed E-state index contributed by atoms with van der Waals surface area (Å²) >= 11 is 3.48. The highest BCUT2D eigenvalue weighted by Crippen LogP contribution is 2.16. The highest BCUT2D eigenvalue weighted by Gasteiger charge is 2.09. The number of halogens is 1. The number of benzene rings is 2. The molecule has 0 saturated carbocycles. The summed E-state index contributed by atoms with van der Waals surface area (Å²) in [7, 11) is 0. The number of aromatic nitrogens is 3. The second kappa shape index (κ2) is 8.27. The maximum atomic E-state index is 12.5. The van der Waals surface area contributed by atoms with Crippen molar-refractivity contribution in [3.05, 3.63) is 101 Å². The van der Waals surface area contributed by atoms with Gasteiger partial charge in [0.2, 0.25) is 5.91 Å².